The third-order valence-corrected chi connectivity index (χ3v) is 3.09. The topological polar surface area (TPSA) is 80.9 Å². The van der Waals surface area contributed by atoms with Crippen LogP contribution in [0, 0.1) is 5.82 Å². The number of amides is 1. The summed E-state index contributed by atoms with van der Waals surface area (Å²) in [4.78, 5) is 15.8. The van der Waals surface area contributed by atoms with E-state index in [2.05, 4.69) is 20.5 Å². The first kappa shape index (κ1) is 14.8. The Hall–Kier alpha value is -3.09. The Balaban J connectivity index is 1.55. The minimum Gasteiger partial charge on any atom is -0.419 e. The predicted molar refractivity (Wildman–Crippen MR) is 79.5 cm³/mol. The quantitative estimate of drug-likeness (QED) is 0.780. The lowest BCUT2D eigenvalue weighted by molar-refractivity contribution is -0.120. The average Bonchev–Trinajstić information content (AvgIpc) is 3.05. The Morgan fingerprint density at radius 2 is 2.00 bits per heavy atom. The number of carbonyl (C=O) groups is 1. The maximum Gasteiger partial charge on any atom is 0.249 e. The molecule has 0 aliphatic heterocycles. The lowest BCUT2D eigenvalue weighted by Gasteiger charge is -2.02. The summed E-state index contributed by atoms with van der Waals surface area (Å²) < 4.78 is 18.3. The predicted octanol–water partition coefficient (Wildman–Crippen LogP) is 2.13. The summed E-state index contributed by atoms with van der Waals surface area (Å²) in [5.41, 5.74) is 1.44. The molecule has 0 fully saturated rings. The molecule has 0 saturated heterocycles. The molecule has 0 aliphatic rings. The number of halogens is 1. The highest BCUT2D eigenvalue weighted by molar-refractivity contribution is 5.78. The Morgan fingerprint density at radius 1 is 1.17 bits per heavy atom. The molecule has 2 heterocycles. The fourth-order valence-electron chi connectivity index (χ4n) is 1.96. The van der Waals surface area contributed by atoms with E-state index in [1.54, 1.807) is 36.7 Å². The summed E-state index contributed by atoms with van der Waals surface area (Å²) in [6, 6.07) is 9.35. The molecule has 0 saturated carbocycles. The molecule has 0 aliphatic carbocycles. The molecule has 0 unspecified atom stereocenters. The van der Waals surface area contributed by atoms with Crippen molar-refractivity contribution in [2.75, 3.05) is 0 Å². The fraction of sp³-hybridized carbons (Fsp3) is 0.125. The third-order valence-electron chi connectivity index (χ3n) is 3.09. The minimum atomic E-state index is -0.331. The molecule has 1 amide bonds. The number of nitrogens with one attached hydrogen (secondary N) is 1. The molecule has 3 aromatic rings. The van der Waals surface area contributed by atoms with Crippen LogP contribution in [-0.2, 0) is 17.8 Å². The Bertz CT molecular complexity index is 787. The van der Waals surface area contributed by atoms with Gasteiger partial charge in [0.1, 0.15) is 5.82 Å². The van der Waals surface area contributed by atoms with Crippen LogP contribution in [0.5, 0.6) is 0 Å². The molecule has 0 radical (unpaired) electrons. The Labute approximate surface area is 131 Å². The standard InChI is InChI=1S/C16H13FN4O2/c17-13-5-3-11(4-6-13)8-14(22)19-10-15-20-21-16(23-15)12-2-1-7-18-9-12/h1-7,9H,8,10H2,(H,19,22). The van der Waals surface area contributed by atoms with Gasteiger partial charge < -0.3 is 9.73 Å². The second-order valence-electron chi connectivity index (χ2n) is 4.82. The Morgan fingerprint density at radius 3 is 2.74 bits per heavy atom. The number of pyridine rings is 1. The van der Waals surface area contributed by atoms with Gasteiger partial charge in [-0.1, -0.05) is 12.1 Å². The number of hydrogen-bond acceptors (Lipinski definition) is 5. The van der Waals surface area contributed by atoms with Crippen LogP contribution < -0.4 is 5.32 Å². The minimum absolute atomic E-state index is 0.132. The first-order valence-corrected chi connectivity index (χ1v) is 6.94. The molecule has 23 heavy (non-hydrogen) atoms. The highest BCUT2D eigenvalue weighted by Gasteiger charge is 2.10. The van der Waals surface area contributed by atoms with Gasteiger partial charge >= 0.3 is 0 Å². The van der Waals surface area contributed by atoms with Gasteiger partial charge in [0.15, 0.2) is 0 Å². The van der Waals surface area contributed by atoms with E-state index in [1.807, 2.05) is 0 Å². The number of nitrogens with zero attached hydrogens (tertiary/aromatic N) is 3. The number of aromatic nitrogens is 3. The van der Waals surface area contributed by atoms with Crippen LogP contribution in [0.15, 0.2) is 53.2 Å². The van der Waals surface area contributed by atoms with Crippen LogP contribution in [0.4, 0.5) is 4.39 Å². The van der Waals surface area contributed by atoms with E-state index in [1.165, 1.54) is 12.1 Å². The molecule has 116 valence electrons. The monoisotopic (exact) mass is 312 g/mol. The first-order chi connectivity index (χ1) is 11.2. The van der Waals surface area contributed by atoms with Crippen LogP contribution in [0.2, 0.25) is 0 Å². The van der Waals surface area contributed by atoms with E-state index in [-0.39, 0.29) is 24.7 Å². The van der Waals surface area contributed by atoms with Crippen molar-refractivity contribution in [3.8, 4) is 11.5 Å². The van der Waals surface area contributed by atoms with Gasteiger partial charge in [0, 0.05) is 12.4 Å². The van der Waals surface area contributed by atoms with E-state index in [0.29, 0.717) is 17.3 Å². The van der Waals surface area contributed by atoms with Crippen molar-refractivity contribution < 1.29 is 13.6 Å². The van der Waals surface area contributed by atoms with E-state index >= 15 is 0 Å². The van der Waals surface area contributed by atoms with E-state index in [9.17, 15) is 9.18 Å². The van der Waals surface area contributed by atoms with Crippen molar-refractivity contribution in [2.45, 2.75) is 13.0 Å². The van der Waals surface area contributed by atoms with E-state index < -0.39 is 0 Å². The molecule has 7 heteroatoms. The van der Waals surface area contributed by atoms with Gasteiger partial charge in [-0.05, 0) is 29.8 Å². The average molecular weight is 312 g/mol. The van der Waals surface area contributed by atoms with Gasteiger partial charge in [-0.2, -0.15) is 0 Å². The van der Waals surface area contributed by atoms with E-state index in [4.69, 9.17) is 4.42 Å². The first-order valence-electron chi connectivity index (χ1n) is 6.94. The molecule has 0 bridgehead atoms. The molecular weight excluding hydrogens is 299 g/mol. The van der Waals surface area contributed by atoms with Crippen molar-refractivity contribution in [3.63, 3.8) is 0 Å². The van der Waals surface area contributed by atoms with Gasteiger partial charge in [-0.25, -0.2) is 4.39 Å². The smallest absolute Gasteiger partial charge is 0.249 e. The van der Waals surface area contributed by atoms with Gasteiger partial charge in [0.2, 0.25) is 17.7 Å². The highest BCUT2D eigenvalue weighted by atomic mass is 19.1. The molecule has 6 nitrogen and oxygen atoms in total. The van der Waals surface area contributed by atoms with Gasteiger partial charge in [0.05, 0.1) is 18.5 Å². The molecule has 1 N–H and O–H groups in total. The second kappa shape index (κ2) is 6.78. The lowest BCUT2D eigenvalue weighted by atomic mass is 10.1. The summed E-state index contributed by atoms with van der Waals surface area (Å²) in [6.07, 6.45) is 3.42. The van der Waals surface area contributed by atoms with Crippen molar-refractivity contribution >= 4 is 5.91 Å². The number of benzene rings is 1. The van der Waals surface area contributed by atoms with Crippen molar-refractivity contribution in [1.82, 2.24) is 20.5 Å². The van der Waals surface area contributed by atoms with Gasteiger partial charge in [-0.15, -0.1) is 10.2 Å². The molecule has 2 aromatic heterocycles. The van der Waals surface area contributed by atoms with Gasteiger partial charge in [0.25, 0.3) is 0 Å². The van der Waals surface area contributed by atoms with Gasteiger partial charge in [-0.3, -0.25) is 9.78 Å². The summed E-state index contributed by atoms with van der Waals surface area (Å²) in [5, 5.41) is 10.5. The fourth-order valence-corrected chi connectivity index (χ4v) is 1.96. The van der Waals surface area contributed by atoms with Crippen molar-refractivity contribution in [1.29, 1.82) is 0 Å². The van der Waals surface area contributed by atoms with Crippen molar-refractivity contribution in [2.24, 2.45) is 0 Å². The number of carbonyl (C=O) groups excluding carboxylic acids is 1. The lowest BCUT2D eigenvalue weighted by Crippen LogP contribution is -2.24. The molecule has 0 atom stereocenters. The summed E-state index contributed by atoms with van der Waals surface area (Å²) in [5.74, 6) is 0.109. The Kier molecular flexibility index (Phi) is 4.37. The third kappa shape index (κ3) is 3.97. The molecule has 3 rings (SSSR count). The maximum atomic E-state index is 12.8. The largest absolute Gasteiger partial charge is 0.419 e. The SMILES string of the molecule is O=C(Cc1ccc(F)cc1)NCc1nnc(-c2cccnc2)o1. The van der Waals surface area contributed by atoms with E-state index in [0.717, 1.165) is 5.56 Å². The highest BCUT2D eigenvalue weighted by Crippen LogP contribution is 2.15. The number of hydrogen-bond donors (Lipinski definition) is 1. The zero-order valence-corrected chi connectivity index (χ0v) is 12.1. The number of rotatable bonds is 5. The zero-order chi connectivity index (χ0) is 16.1. The van der Waals surface area contributed by atoms with Crippen LogP contribution >= 0.6 is 0 Å². The summed E-state index contributed by atoms with van der Waals surface area (Å²) in [7, 11) is 0. The molecular formula is C16H13FN4O2. The normalized spacial score (nSPS) is 10.5. The van der Waals surface area contributed by atoms with Crippen molar-refractivity contribution in [3.05, 3.63) is 66.1 Å². The molecule has 1 aromatic carbocycles. The zero-order valence-electron chi connectivity index (χ0n) is 12.1. The summed E-state index contributed by atoms with van der Waals surface area (Å²) >= 11 is 0. The second-order valence-corrected chi connectivity index (χ2v) is 4.82. The van der Waals surface area contributed by atoms with Crippen LogP contribution in [0.3, 0.4) is 0 Å². The summed E-state index contributed by atoms with van der Waals surface area (Å²) in [6.45, 7) is 0.132. The van der Waals surface area contributed by atoms with Crippen LogP contribution in [-0.4, -0.2) is 21.1 Å². The van der Waals surface area contributed by atoms with Crippen LogP contribution in [0.1, 0.15) is 11.5 Å². The van der Waals surface area contributed by atoms with Crippen LogP contribution in [0.25, 0.3) is 11.5 Å². The molecule has 0 spiro atoms. The maximum absolute atomic E-state index is 12.8.